The molecule has 22 heavy (non-hydrogen) atoms. The fraction of sp³-hybridized carbons (Fsp3) is 0.875. The van der Waals surface area contributed by atoms with Crippen LogP contribution in [0.2, 0.25) is 0 Å². The number of unbranched alkanes of at least 4 members (excludes halogenated alkanes) is 7. The molecule has 0 atom stereocenters. The molecule has 0 aliphatic rings. The van der Waals surface area contributed by atoms with Crippen LogP contribution in [0.15, 0.2) is 0 Å². The smallest absolute Gasteiger partial charge is 0.450 e. The van der Waals surface area contributed by atoms with Gasteiger partial charge in [-0.15, -0.1) is 0 Å². The number of hydrogen-bond donors (Lipinski definition) is 1. The zero-order valence-electron chi connectivity index (χ0n) is 14.0. The van der Waals surface area contributed by atoms with Gasteiger partial charge in [-0.1, -0.05) is 32.6 Å². The second-order valence-electron chi connectivity index (χ2n) is 5.16. The molecule has 0 radical (unpaired) electrons. The Morgan fingerprint density at radius 2 is 1.18 bits per heavy atom. The number of carbonyl (C=O) groups is 2. The molecule has 0 aliphatic carbocycles. The third-order valence-corrected chi connectivity index (χ3v) is 3.16. The van der Waals surface area contributed by atoms with Gasteiger partial charge >= 0.3 is 12.2 Å². The highest BCUT2D eigenvalue weighted by Gasteiger charge is 2.03. The van der Waals surface area contributed by atoms with Crippen LogP contribution in [0.3, 0.4) is 0 Å². The SMILES string of the molecule is CCCCCCCOC(=O)OCCCCCCOC(=O)NC. The van der Waals surface area contributed by atoms with E-state index in [1.165, 1.54) is 26.3 Å². The van der Waals surface area contributed by atoms with Crippen LogP contribution in [-0.4, -0.2) is 39.1 Å². The zero-order chi connectivity index (χ0) is 16.5. The molecule has 0 saturated carbocycles. The van der Waals surface area contributed by atoms with E-state index < -0.39 is 12.2 Å². The van der Waals surface area contributed by atoms with Gasteiger partial charge in [0, 0.05) is 7.05 Å². The number of hydrogen-bond acceptors (Lipinski definition) is 5. The predicted octanol–water partition coefficient (Wildman–Crippen LogP) is 4.03. The summed E-state index contributed by atoms with van der Waals surface area (Å²) < 4.78 is 14.8. The second kappa shape index (κ2) is 15.9. The van der Waals surface area contributed by atoms with Crippen LogP contribution in [-0.2, 0) is 14.2 Å². The van der Waals surface area contributed by atoms with Gasteiger partial charge in [0.05, 0.1) is 19.8 Å². The molecule has 0 unspecified atom stereocenters. The van der Waals surface area contributed by atoms with Gasteiger partial charge in [-0.25, -0.2) is 9.59 Å². The van der Waals surface area contributed by atoms with Gasteiger partial charge in [-0.05, 0) is 32.1 Å². The van der Waals surface area contributed by atoms with Crippen LogP contribution < -0.4 is 5.32 Å². The fourth-order valence-corrected chi connectivity index (χ4v) is 1.85. The molecule has 1 amide bonds. The van der Waals surface area contributed by atoms with Crippen LogP contribution in [0.5, 0.6) is 0 Å². The molecule has 0 spiro atoms. The lowest BCUT2D eigenvalue weighted by Gasteiger charge is -2.06. The van der Waals surface area contributed by atoms with Crippen LogP contribution in [0.1, 0.15) is 64.7 Å². The Kier molecular flexibility index (Phi) is 14.9. The Labute approximate surface area is 133 Å². The van der Waals surface area contributed by atoms with E-state index in [9.17, 15) is 9.59 Å². The van der Waals surface area contributed by atoms with E-state index in [0.29, 0.717) is 19.8 Å². The predicted molar refractivity (Wildman–Crippen MR) is 84.9 cm³/mol. The first kappa shape index (κ1) is 20.5. The van der Waals surface area contributed by atoms with Crippen LogP contribution >= 0.6 is 0 Å². The zero-order valence-corrected chi connectivity index (χ0v) is 14.0. The molecule has 0 aromatic carbocycles. The van der Waals surface area contributed by atoms with Gasteiger partial charge in [-0.2, -0.15) is 0 Å². The monoisotopic (exact) mass is 317 g/mol. The maximum atomic E-state index is 11.3. The molecule has 0 fully saturated rings. The van der Waals surface area contributed by atoms with Crippen molar-refractivity contribution in [1.82, 2.24) is 5.32 Å². The van der Waals surface area contributed by atoms with E-state index >= 15 is 0 Å². The Balaban J connectivity index is 3.20. The number of amides is 1. The van der Waals surface area contributed by atoms with Crippen molar-refractivity contribution in [1.29, 1.82) is 0 Å². The lowest BCUT2D eigenvalue weighted by Crippen LogP contribution is -2.19. The number of rotatable bonds is 13. The van der Waals surface area contributed by atoms with Crippen molar-refractivity contribution in [2.24, 2.45) is 0 Å². The lowest BCUT2D eigenvalue weighted by atomic mass is 10.2. The highest BCUT2D eigenvalue weighted by molar-refractivity contribution is 5.66. The van der Waals surface area contributed by atoms with Crippen LogP contribution in [0.25, 0.3) is 0 Å². The first-order valence-electron chi connectivity index (χ1n) is 8.34. The molecule has 0 rings (SSSR count). The van der Waals surface area contributed by atoms with E-state index in [0.717, 1.165) is 38.5 Å². The molecule has 0 bridgehead atoms. The van der Waals surface area contributed by atoms with Gasteiger partial charge < -0.3 is 19.5 Å². The summed E-state index contributed by atoms with van der Waals surface area (Å²) in [6, 6.07) is 0. The first-order valence-corrected chi connectivity index (χ1v) is 8.34. The largest absolute Gasteiger partial charge is 0.508 e. The second-order valence-corrected chi connectivity index (χ2v) is 5.16. The Hall–Kier alpha value is -1.46. The van der Waals surface area contributed by atoms with Crippen molar-refractivity contribution in [3.05, 3.63) is 0 Å². The van der Waals surface area contributed by atoms with E-state index in [1.807, 2.05) is 0 Å². The Morgan fingerprint density at radius 3 is 1.64 bits per heavy atom. The molecule has 6 heteroatoms. The third kappa shape index (κ3) is 14.9. The minimum atomic E-state index is -0.571. The minimum absolute atomic E-state index is 0.380. The number of carbonyl (C=O) groups excluding carboxylic acids is 2. The van der Waals surface area contributed by atoms with Crippen molar-refractivity contribution in [3.8, 4) is 0 Å². The van der Waals surface area contributed by atoms with Gasteiger partial charge in [-0.3, -0.25) is 0 Å². The first-order chi connectivity index (χ1) is 10.7. The number of alkyl carbamates (subject to hydrolysis) is 1. The molecule has 0 saturated heterocycles. The van der Waals surface area contributed by atoms with E-state index in [2.05, 4.69) is 12.2 Å². The van der Waals surface area contributed by atoms with Crippen molar-refractivity contribution < 1.29 is 23.8 Å². The van der Waals surface area contributed by atoms with Crippen molar-refractivity contribution in [3.63, 3.8) is 0 Å². The van der Waals surface area contributed by atoms with Gasteiger partial charge in [0.25, 0.3) is 0 Å². The van der Waals surface area contributed by atoms with E-state index in [1.54, 1.807) is 0 Å². The Morgan fingerprint density at radius 1 is 0.727 bits per heavy atom. The van der Waals surface area contributed by atoms with Crippen molar-refractivity contribution in [2.75, 3.05) is 26.9 Å². The van der Waals surface area contributed by atoms with E-state index in [4.69, 9.17) is 14.2 Å². The highest BCUT2D eigenvalue weighted by atomic mass is 16.7. The van der Waals surface area contributed by atoms with Crippen LogP contribution in [0, 0.1) is 0 Å². The average Bonchev–Trinajstić information content (AvgIpc) is 2.52. The molecule has 0 heterocycles. The summed E-state index contributed by atoms with van der Waals surface area (Å²) >= 11 is 0. The maximum absolute atomic E-state index is 11.3. The lowest BCUT2D eigenvalue weighted by molar-refractivity contribution is 0.0527. The van der Waals surface area contributed by atoms with Gasteiger partial charge in [0.2, 0.25) is 0 Å². The normalized spacial score (nSPS) is 10.1. The molecule has 0 aromatic heterocycles. The fourth-order valence-electron chi connectivity index (χ4n) is 1.85. The number of ether oxygens (including phenoxy) is 3. The third-order valence-electron chi connectivity index (χ3n) is 3.16. The molecule has 130 valence electrons. The summed E-state index contributed by atoms with van der Waals surface area (Å²) in [6.07, 6.45) is 8.15. The summed E-state index contributed by atoms with van der Waals surface area (Å²) in [5.41, 5.74) is 0. The minimum Gasteiger partial charge on any atom is -0.450 e. The van der Waals surface area contributed by atoms with Crippen LogP contribution in [0.4, 0.5) is 9.59 Å². The summed E-state index contributed by atoms with van der Waals surface area (Å²) in [5, 5.41) is 2.39. The molecule has 6 nitrogen and oxygen atoms in total. The molecular weight excluding hydrogens is 286 g/mol. The van der Waals surface area contributed by atoms with Crippen molar-refractivity contribution >= 4 is 12.2 Å². The van der Waals surface area contributed by atoms with Gasteiger partial charge in [0.15, 0.2) is 0 Å². The van der Waals surface area contributed by atoms with Crippen molar-refractivity contribution in [2.45, 2.75) is 64.7 Å². The summed E-state index contributed by atoms with van der Waals surface area (Å²) in [6.45, 7) is 3.41. The standard InChI is InChI=1S/C16H31NO5/c1-3-4-5-6-10-13-21-16(19)22-14-11-8-7-9-12-20-15(18)17-2/h3-14H2,1-2H3,(H,17,18). The summed E-state index contributed by atoms with van der Waals surface area (Å²) in [5.74, 6) is 0. The van der Waals surface area contributed by atoms with E-state index in [-0.39, 0.29) is 0 Å². The molecule has 0 aliphatic heterocycles. The number of nitrogens with one attached hydrogen (secondary N) is 1. The summed E-state index contributed by atoms with van der Waals surface area (Å²) in [4.78, 5) is 22.0. The maximum Gasteiger partial charge on any atom is 0.508 e. The van der Waals surface area contributed by atoms with Gasteiger partial charge in [0.1, 0.15) is 0 Å². The topological polar surface area (TPSA) is 73.9 Å². The average molecular weight is 317 g/mol. The molecule has 1 N–H and O–H groups in total. The highest BCUT2D eigenvalue weighted by Crippen LogP contribution is 2.04. The molecule has 0 aromatic rings. The quantitative estimate of drug-likeness (QED) is 0.410. The Bertz CT molecular complexity index is 284. The summed E-state index contributed by atoms with van der Waals surface area (Å²) in [7, 11) is 1.53. The molecular formula is C16H31NO5.